The Kier molecular flexibility index (Phi) is 4.73. The SMILES string of the molecule is O=C(O)CC1CCN(C(=O)c2ncc(Cl)c(Cl)c2Cl)C1. The van der Waals surface area contributed by atoms with Crippen molar-refractivity contribution in [3.05, 3.63) is 27.0 Å². The second-order valence-corrected chi connectivity index (χ2v) is 5.75. The van der Waals surface area contributed by atoms with Gasteiger partial charge >= 0.3 is 5.97 Å². The van der Waals surface area contributed by atoms with Crippen LogP contribution in [-0.4, -0.2) is 40.0 Å². The molecule has 0 spiro atoms. The number of nitrogens with zero attached hydrogens (tertiary/aromatic N) is 2. The summed E-state index contributed by atoms with van der Waals surface area (Å²) < 4.78 is 0. The minimum absolute atomic E-state index is 0.0193. The largest absolute Gasteiger partial charge is 0.481 e. The number of carboxylic acids is 1. The van der Waals surface area contributed by atoms with E-state index in [1.165, 1.54) is 11.1 Å². The zero-order valence-electron chi connectivity index (χ0n) is 10.3. The number of aromatic nitrogens is 1. The van der Waals surface area contributed by atoms with Crippen LogP contribution in [0.3, 0.4) is 0 Å². The standard InChI is InChI=1S/C12H11Cl3N2O3/c13-7-4-16-11(10(15)9(7)14)12(20)17-2-1-6(5-17)3-8(18)19/h4,6H,1-3,5H2,(H,18,19). The number of halogens is 3. The van der Waals surface area contributed by atoms with Crippen LogP contribution in [0, 0.1) is 5.92 Å². The summed E-state index contributed by atoms with van der Waals surface area (Å²) >= 11 is 17.6. The molecule has 2 heterocycles. The summed E-state index contributed by atoms with van der Waals surface area (Å²) in [6, 6.07) is 0. The van der Waals surface area contributed by atoms with Crippen molar-refractivity contribution in [3.8, 4) is 0 Å². The highest BCUT2D eigenvalue weighted by atomic mass is 35.5. The Hall–Kier alpha value is -1.04. The molecule has 1 atom stereocenters. The van der Waals surface area contributed by atoms with Crippen molar-refractivity contribution < 1.29 is 14.7 Å². The van der Waals surface area contributed by atoms with Crippen molar-refractivity contribution in [2.45, 2.75) is 12.8 Å². The zero-order chi connectivity index (χ0) is 14.9. The van der Waals surface area contributed by atoms with E-state index >= 15 is 0 Å². The molecule has 0 aromatic carbocycles. The monoisotopic (exact) mass is 336 g/mol. The van der Waals surface area contributed by atoms with Gasteiger partial charge < -0.3 is 10.0 Å². The molecule has 1 unspecified atom stereocenters. The van der Waals surface area contributed by atoms with Crippen molar-refractivity contribution in [3.63, 3.8) is 0 Å². The van der Waals surface area contributed by atoms with Crippen molar-refractivity contribution in [1.29, 1.82) is 0 Å². The number of aliphatic carboxylic acids is 1. The van der Waals surface area contributed by atoms with Crippen LogP contribution in [0.15, 0.2) is 6.20 Å². The highest BCUT2D eigenvalue weighted by Gasteiger charge is 2.30. The maximum atomic E-state index is 12.3. The van der Waals surface area contributed by atoms with Crippen molar-refractivity contribution in [2.24, 2.45) is 5.92 Å². The number of amides is 1. The van der Waals surface area contributed by atoms with Crippen molar-refractivity contribution in [1.82, 2.24) is 9.88 Å². The molecule has 1 aromatic rings. The van der Waals surface area contributed by atoms with E-state index in [0.717, 1.165) is 0 Å². The number of carboxylic acid groups (broad SMARTS) is 1. The Labute approximate surface area is 130 Å². The summed E-state index contributed by atoms with van der Waals surface area (Å²) in [7, 11) is 0. The van der Waals surface area contributed by atoms with Gasteiger partial charge in [-0.05, 0) is 12.3 Å². The number of pyridine rings is 1. The predicted molar refractivity (Wildman–Crippen MR) is 75.5 cm³/mol. The molecule has 20 heavy (non-hydrogen) atoms. The minimum Gasteiger partial charge on any atom is -0.481 e. The highest BCUT2D eigenvalue weighted by Crippen LogP contribution is 2.32. The Balaban J connectivity index is 2.13. The number of carbonyl (C=O) groups is 2. The van der Waals surface area contributed by atoms with Gasteiger partial charge in [0.25, 0.3) is 5.91 Å². The number of likely N-dealkylation sites (tertiary alicyclic amines) is 1. The molecule has 1 saturated heterocycles. The van der Waals surface area contributed by atoms with E-state index in [2.05, 4.69) is 4.98 Å². The summed E-state index contributed by atoms with van der Waals surface area (Å²) in [6.07, 6.45) is 1.97. The average molecular weight is 338 g/mol. The molecule has 2 rings (SSSR count). The summed E-state index contributed by atoms with van der Waals surface area (Å²) in [4.78, 5) is 28.4. The van der Waals surface area contributed by atoms with Crippen molar-refractivity contribution >= 4 is 46.7 Å². The second-order valence-electron chi connectivity index (χ2n) is 4.59. The Morgan fingerprint density at radius 1 is 1.35 bits per heavy atom. The number of carbonyl (C=O) groups excluding carboxylic acids is 1. The van der Waals surface area contributed by atoms with E-state index in [9.17, 15) is 9.59 Å². The van der Waals surface area contributed by atoms with Crippen LogP contribution in [0.25, 0.3) is 0 Å². The number of hydrogen-bond donors (Lipinski definition) is 1. The van der Waals surface area contributed by atoms with Gasteiger partial charge in [-0.15, -0.1) is 0 Å². The first-order chi connectivity index (χ1) is 9.40. The van der Waals surface area contributed by atoms with Crippen LogP contribution in [0.4, 0.5) is 0 Å². The van der Waals surface area contributed by atoms with E-state index in [1.54, 1.807) is 0 Å². The van der Waals surface area contributed by atoms with Crippen LogP contribution in [0.1, 0.15) is 23.3 Å². The van der Waals surface area contributed by atoms with E-state index in [0.29, 0.717) is 19.5 Å². The van der Waals surface area contributed by atoms with E-state index in [1.807, 2.05) is 0 Å². The molecule has 8 heteroatoms. The first-order valence-electron chi connectivity index (χ1n) is 5.90. The van der Waals surface area contributed by atoms with Gasteiger partial charge in [0.2, 0.25) is 0 Å². The fraction of sp³-hybridized carbons (Fsp3) is 0.417. The number of rotatable bonds is 3. The van der Waals surface area contributed by atoms with Gasteiger partial charge in [0.05, 0.1) is 15.1 Å². The van der Waals surface area contributed by atoms with E-state index in [-0.39, 0.29) is 39.0 Å². The number of hydrogen-bond acceptors (Lipinski definition) is 3. The molecule has 1 aliphatic rings. The third-order valence-electron chi connectivity index (χ3n) is 3.16. The van der Waals surface area contributed by atoms with E-state index in [4.69, 9.17) is 39.9 Å². The second kappa shape index (κ2) is 6.16. The smallest absolute Gasteiger partial charge is 0.303 e. The van der Waals surface area contributed by atoms with Gasteiger partial charge in [0, 0.05) is 25.7 Å². The lowest BCUT2D eigenvalue weighted by atomic mass is 10.1. The lowest BCUT2D eigenvalue weighted by Gasteiger charge is -2.16. The molecular formula is C12H11Cl3N2O3. The first-order valence-corrected chi connectivity index (χ1v) is 7.04. The van der Waals surface area contributed by atoms with E-state index < -0.39 is 5.97 Å². The Morgan fingerprint density at radius 2 is 2.05 bits per heavy atom. The molecular weight excluding hydrogens is 327 g/mol. The Morgan fingerprint density at radius 3 is 2.70 bits per heavy atom. The first kappa shape index (κ1) is 15.4. The summed E-state index contributed by atoms with van der Waals surface area (Å²) in [5, 5.41) is 9.05. The zero-order valence-corrected chi connectivity index (χ0v) is 12.5. The van der Waals surface area contributed by atoms with Crippen LogP contribution >= 0.6 is 34.8 Å². The molecule has 1 N–H and O–H groups in total. The molecule has 0 radical (unpaired) electrons. The molecule has 0 aliphatic carbocycles. The Bertz CT molecular complexity index is 565. The molecule has 1 amide bonds. The van der Waals surface area contributed by atoms with Gasteiger partial charge in [-0.1, -0.05) is 34.8 Å². The van der Waals surface area contributed by atoms with Gasteiger partial charge in [-0.25, -0.2) is 4.98 Å². The summed E-state index contributed by atoms with van der Waals surface area (Å²) in [6.45, 7) is 0.860. The van der Waals surface area contributed by atoms with Crippen LogP contribution in [-0.2, 0) is 4.79 Å². The molecule has 0 bridgehead atoms. The lowest BCUT2D eigenvalue weighted by molar-refractivity contribution is -0.138. The molecule has 1 fully saturated rings. The normalized spacial score (nSPS) is 18.4. The van der Waals surface area contributed by atoms with Crippen LogP contribution in [0.5, 0.6) is 0 Å². The summed E-state index contributed by atoms with van der Waals surface area (Å²) in [5.74, 6) is -1.27. The third-order valence-corrected chi connectivity index (χ3v) is 4.40. The van der Waals surface area contributed by atoms with Gasteiger partial charge in [0.1, 0.15) is 5.69 Å². The van der Waals surface area contributed by atoms with Crippen LogP contribution < -0.4 is 0 Å². The van der Waals surface area contributed by atoms with Gasteiger partial charge in [-0.2, -0.15) is 0 Å². The average Bonchev–Trinajstić information content (AvgIpc) is 2.83. The quantitative estimate of drug-likeness (QED) is 0.920. The molecule has 1 aromatic heterocycles. The molecule has 108 valence electrons. The maximum absolute atomic E-state index is 12.3. The maximum Gasteiger partial charge on any atom is 0.303 e. The molecule has 5 nitrogen and oxygen atoms in total. The minimum atomic E-state index is -0.866. The lowest BCUT2D eigenvalue weighted by Crippen LogP contribution is -2.30. The fourth-order valence-corrected chi connectivity index (χ4v) is 2.73. The van der Waals surface area contributed by atoms with Gasteiger partial charge in [0.15, 0.2) is 0 Å². The molecule has 1 aliphatic heterocycles. The summed E-state index contributed by atoms with van der Waals surface area (Å²) in [5.41, 5.74) is 0.0389. The highest BCUT2D eigenvalue weighted by molar-refractivity contribution is 6.48. The topological polar surface area (TPSA) is 70.5 Å². The predicted octanol–water partition coefficient (Wildman–Crippen LogP) is 2.98. The molecule has 0 saturated carbocycles. The van der Waals surface area contributed by atoms with Crippen LogP contribution in [0.2, 0.25) is 15.1 Å². The fourth-order valence-electron chi connectivity index (χ4n) is 2.17. The third kappa shape index (κ3) is 3.16. The van der Waals surface area contributed by atoms with Gasteiger partial charge in [-0.3, -0.25) is 9.59 Å². The van der Waals surface area contributed by atoms with Crippen molar-refractivity contribution in [2.75, 3.05) is 13.1 Å².